The van der Waals surface area contributed by atoms with E-state index in [4.69, 9.17) is 4.74 Å². The van der Waals surface area contributed by atoms with Crippen molar-refractivity contribution in [1.82, 2.24) is 0 Å². The SMILES string of the molecule is CCOc1c(C)cc(C)c(C(=O)P(=O)(c2ccccc2)c2ccccc2)c1C. The first kappa shape index (κ1) is 20.1. The normalized spacial score (nSPS) is 11.3. The molecule has 3 nitrogen and oxygen atoms in total. The van der Waals surface area contributed by atoms with Crippen LogP contribution in [0.1, 0.15) is 34.0 Å². The summed E-state index contributed by atoms with van der Waals surface area (Å²) in [7, 11) is -3.54. The van der Waals surface area contributed by atoms with Gasteiger partial charge in [-0.2, -0.15) is 0 Å². The Morgan fingerprint density at radius 1 is 0.857 bits per heavy atom. The summed E-state index contributed by atoms with van der Waals surface area (Å²) in [4.78, 5) is 13.9. The lowest BCUT2D eigenvalue weighted by molar-refractivity contribution is 0.107. The first-order valence-corrected chi connectivity index (χ1v) is 11.1. The first-order valence-electron chi connectivity index (χ1n) is 9.41. The third-order valence-electron chi connectivity index (χ3n) is 4.93. The van der Waals surface area contributed by atoms with Crippen molar-refractivity contribution < 1.29 is 14.1 Å². The van der Waals surface area contributed by atoms with Crippen molar-refractivity contribution in [1.29, 1.82) is 0 Å². The van der Waals surface area contributed by atoms with E-state index in [1.807, 2.05) is 70.2 Å². The number of carbonyl (C=O) groups excluding carboxylic acids is 1. The highest BCUT2D eigenvalue weighted by atomic mass is 31.2. The van der Waals surface area contributed by atoms with E-state index in [-0.39, 0.29) is 5.52 Å². The van der Waals surface area contributed by atoms with E-state index < -0.39 is 7.14 Å². The smallest absolute Gasteiger partial charge is 0.230 e. The topological polar surface area (TPSA) is 43.4 Å². The number of hydrogen-bond acceptors (Lipinski definition) is 3. The molecule has 28 heavy (non-hydrogen) atoms. The van der Waals surface area contributed by atoms with Crippen molar-refractivity contribution in [2.24, 2.45) is 0 Å². The molecule has 3 rings (SSSR count). The molecule has 0 aliphatic rings. The van der Waals surface area contributed by atoms with Crippen molar-refractivity contribution in [2.75, 3.05) is 6.61 Å². The number of aryl methyl sites for hydroxylation is 2. The standard InChI is InChI=1S/C24H25O3P/c1-5-27-23-18(3)16-17(2)22(19(23)4)24(25)28(26,20-12-8-6-9-13-20)21-14-10-7-11-15-21/h6-16H,5H2,1-4H3. The minimum atomic E-state index is -3.54. The minimum Gasteiger partial charge on any atom is -0.493 e. The van der Waals surface area contributed by atoms with E-state index in [0.717, 1.165) is 16.7 Å². The van der Waals surface area contributed by atoms with Crippen LogP contribution in [0.5, 0.6) is 5.75 Å². The van der Waals surface area contributed by atoms with Crippen LogP contribution in [0.15, 0.2) is 66.7 Å². The zero-order valence-corrected chi connectivity index (χ0v) is 17.6. The van der Waals surface area contributed by atoms with Crippen LogP contribution in [0.2, 0.25) is 0 Å². The van der Waals surface area contributed by atoms with E-state index in [0.29, 0.717) is 28.5 Å². The van der Waals surface area contributed by atoms with E-state index in [1.165, 1.54) is 0 Å². The summed E-state index contributed by atoms with van der Waals surface area (Å²) in [6, 6.07) is 20.0. The third-order valence-corrected chi connectivity index (χ3v) is 7.78. The van der Waals surface area contributed by atoms with Gasteiger partial charge >= 0.3 is 0 Å². The molecule has 0 saturated carbocycles. The van der Waals surface area contributed by atoms with Crippen LogP contribution >= 0.6 is 7.14 Å². The van der Waals surface area contributed by atoms with Crippen molar-refractivity contribution in [3.8, 4) is 5.75 Å². The quantitative estimate of drug-likeness (QED) is 0.544. The lowest BCUT2D eigenvalue weighted by atomic mass is 9.99. The Bertz CT molecular complexity index is 997. The molecule has 0 aliphatic carbocycles. The first-order chi connectivity index (χ1) is 13.4. The number of carbonyl (C=O) groups is 1. The van der Waals surface area contributed by atoms with Gasteiger partial charge in [0.15, 0.2) is 0 Å². The van der Waals surface area contributed by atoms with Crippen LogP contribution in [0.4, 0.5) is 0 Å². The van der Waals surface area contributed by atoms with Crippen molar-refractivity contribution in [3.05, 3.63) is 89.0 Å². The Labute approximate surface area is 166 Å². The molecule has 0 aromatic heterocycles. The number of hydrogen-bond donors (Lipinski definition) is 0. The second kappa shape index (κ2) is 8.16. The van der Waals surface area contributed by atoms with Gasteiger partial charge in [-0.3, -0.25) is 4.79 Å². The molecule has 3 aromatic rings. The largest absolute Gasteiger partial charge is 0.493 e. The van der Waals surface area contributed by atoms with Crippen molar-refractivity contribution in [2.45, 2.75) is 27.7 Å². The average molecular weight is 392 g/mol. The maximum atomic E-state index is 14.4. The second-order valence-corrected chi connectivity index (χ2v) is 9.52. The molecule has 3 aromatic carbocycles. The van der Waals surface area contributed by atoms with Crippen molar-refractivity contribution in [3.63, 3.8) is 0 Å². The molecule has 0 radical (unpaired) electrons. The average Bonchev–Trinajstić information content (AvgIpc) is 2.71. The molecule has 0 fully saturated rings. The van der Waals surface area contributed by atoms with Gasteiger partial charge in [-0.1, -0.05) is 66.7 Å². The molecule has 0 atom stereocenters. The van der Waals surface area contributed by atoms with Crippen LogP contribution in [-0.2, 0) is 4.57 Å². The molecular formula is C24H25O3P. The molecule has 0 spiro atoms. The summed E-state index contributed by atoms with van der Waals surface area (Å²) in [5.41, 5.74) is 2.68. The molecule has 144 valence electrons. The molecular weight excluding hydrogens is 367 g/mol. The fraction of sp³-hybridized carbons (Fsp3) is 0.208. The summed E-state index contributed by atoms with van der Waals surface area (Å²) < 4.78 is 20.2. The molecule has 0 unspecified atom stereocenters. The maximum Gasteiger partial charge on any atom is 0.230 e. The fourth-order valence-electron chi connectivity index (χ4n) is 3.68. The Kier molecular flexibility index (Phi) is 5.86. The van der Waals surface area contributed by atoms with Gasteiger partial charge in [0.05, 0.1) is 6.61 Å². The Morgan fingerprint density at radius 3 is 1.82 bits per heavy atom. The van der Waals surface area contributed by atoms with Crippen LogP contribution in [0.3, 0.4) is 0 Å². The van der Waals surface area contributed by atoms with Gasteiger partial charge in [0.2, 0.25) is 12.7 Å². The highest BCUT2D eigenvalue weighted by Crippen LogP contribution is 2.48. The van der Waals surface area contributed by atoms with E-state index >= 15 is 0 Å². The van der Waals surface area contributed by atoms with Gasteiger partial charge in [-0.15, -0.1) is 0 Å². The lowest BCUT2D eigenvalue weighted by Gasteiger charge is -2.22. The van der Waals surface area contributed by atoms with Gasteiger partial charge in [-0.25, -0.2) is 0 Å². The summed E-state index contributed by atoms with van der Waals surface area (Å²) in [5, 5.41) is 1.09. The number of benzene rings is 3. The van der Waals surface area contributed by atoms with E-state index in [1.54, 1.807) is 24.3 Å². The fourth-order valence-corrected chi connectivity index (χ4v) is 6.29. The predicted octanol–water partition coefficient (Wildman–Crippen LogP) is 5.16. The Balaban J connectivity index is 2.28. The van der Waals surface area contributed by atoms with Crippen LogP contribution in [0.25, 0.3) is 0 Å². The van der Waals surface area contributed by atoms with Gasteiger partial charge < -0.3 is 9.30 Å². The maximum absolute atomic E-state index is 14.4. The summed E-state index contributed by atoms with van der Waals surface area (Å²) in [6.45, 7) is 8.15. The van der Waals surface area contributed by atoms with Crippen LogP contribution in [0, 0.1) is 20.8 Å². The third kappa shape index (κ3) is 3.43. The monoisotopic (exact) mass is 392 g/mol. The Hall–Kier alpha value is -2.64. The highest BCUT2D eigenvalue weighted by Gasteiger charge is 2.38. The number of ether oxygens (including phenoxy) is 1. The molecule has 4 heteroatoms. The lowest BCUT2D eigenvalue weighted by Crippen LogP contribution is -2.24. The van der Waals surface area contributed by atoms with Crippen molar-refractivity contribution >= 4 is 23.3 Å². The molecule has 0 saturated heterocycles. The van der Waals surface area contributed by atoms with Crippen LogP contribution in [-0.4, -0.2) is 12.1 Å². The second-order valence-electron chi connectivity index (χ2n) is 6.86. The summed E-state index contributed by atoms with van der Waals surface area (Å²) in [5.74, 6) is 0.698. The minimum absolute atomic E-state index is 0.346. The predicted molar refractivity (Wildman–Crippen MR) is 116 cm³/mol. The summed E-state index contributed by atoms with van der Waals surface area (Å²) >= 11 is 0. The van der Waals surface area contributed by atoms with Gasteiger partial charge in [0.25, 0.3) is 0 Å². The van der Waals surface area contributed by atoms with Gasteiger partial charge in [-0.05, 0) is 38.8 Å². The zero-order chi connectivity index (χ0) is 20.3. The molecule has 0 heterocycles. The Morgan fingerprint density at radius 2 is 1.36 bits per heavy atom. The summed E-state index contributed by atoms with van der Waals surface area (Å²) in [6.07, 6.45) is 0. The zero-order valence-electron chi connectivity index (χ0n) is 16.7. The molecule has 0 bridgehead atoms. The highest BCUT2D eigenvalue weighted by molar-refractivity contribution is 7.93. The van der Waals surface area contributed by atoms with E-state index in [2.05, 4.69) is 0 Å². The van der Waals surface area contributed by atoms with Crippen LogP contribution < -0.4 is 15.3 Å². The molecule has 0 N–H and O–H groups in total. The van der Waals surface area contributed by atoms with Gasteiger partial charge in [0.1, 0.15) is 5.75 Å². The van der Waals surface area contributed by atoms with E-state index in [9.17, 15) is 9.36 Å². The van der Waals surface area contributed by atoms with Gasteiger partial charge in [0, 0.05) is 21.7 Å². The molecule has 0 amide bonds. The number of rotatable bonds is 6. The molecule has 0 aliphatic heterocycles.